The van der Waals surface area contributed by atoms with Crippen molar-refractivity contribution >= 4 is 38.6 Å². The first-order valence-electron chi connectivity index (χ1n) is 5.98. The standard InChI is InChI=1S/C13H10BrClFN3O/c14-9-5-12-11(6-10(9)16)18-13(1-3-15)19(12)7-8-2-4-17-20-8/h2,4-6H,1,3,7H2. The second-order valence-corrected chi connectivity index (χ2v) is 5.52. The number of aromatic nitrogens is 3. The average molecular weight is 359 g/mol. The molecule has 0 atom stereocenters. The quantitative estimate of drug-likeness (QED) is 0.667. The van der Waals surface area contributed by atoms with Crippen molar-refractivity contribution in [1.29, 1.82) is 0 Å². The van der Waals surface area contributed by atoms with Crippen molar-refractivity contribution in [1.82, 2.24) is 14.7 Å². The van der Waals surface area contributed by atoms with E-state index in [9.17, 15) is 4.39 Å². The van der Waals surface area contributed by atoms with Crippen LogP contribution in [0.5, 0.6) is 0 Å². The van der Waals surface area contributed by atoms with Gasteiger partial charge in [-0.1, -0.05) is 5.16 Å². The van der Waals surface area contributed by atoms with Crippen molar-refractivity contribution in [3.63, 3.8) is 0 Å². The molecule has 0 unspecified atom stereocenters. The molecule has 1 aromatic carbocycles. The van der Waals surface area contributed by atoms with Gasteiger partial charge >= 0.3 is 0 Å². The highest BCUT2D eigenvalue weighted by atomic mass is 79.9. The number of hydrogen-bond acceptors (Lipinski definition) is 3. The van der Waals surface area contributed by atoms with Crippen molar-refractivity contribution in [2.24, 2.45) is 0 Å². The second kappa shape index (κ2) is 5.54. The Morgan fingerprint density at radius 2 is 2.25 bits per heavy atom. The van der Waals surface area contributed by atoms with Gasteiger partial charge in [-0.05, 0) is 22.0 Å². The lowest BCUT2D eigenvalue weighted by molar-refractivity contribution is 0.376. The molecule has 0 spiro atoms. The monoisotopic (exact) mass is 357 g/mol. The Hall–Kier alpha value is -1.40. The van der Waals surface area contributed by atoms with E-state index < -0.39 is 0 Å². The van der Waals surface area contributed by atoms with Gasteiger partial charge in [-0.2, -0.15) is 0 Å². The molecule has 0 saturated carbocycles. The lowest BCUT2D eigenvalue weighted by Crippen LogP contribution is -2.05. The van der Waals surface area contributed by atoms with Gasteiger partial charge in [0.2, 0.25) is 0 Å². The maximum Gasteiger partial charge on any atom is 0.156 e. The first-order valence-corrected chi connectivity index (χ1v) is 7.31. The third-order valence-electron chi connectivity index (χ3n) is 2.99. The zero-order valence-corrected chi connectivity index (χ0v) is 12.7. The van der Waals surface area contributed by atoms with Crippen LogP contribution in [0, 0.1) is 5.82 Å². The smallest absolute Gasteiger partial charge is 0.156 e. The Bertz CT molecular complexity index is 742. The van der Waals surface area contributed by atoms with Gasteiger partial charge in [0.1, 0.15) is 11.6 Å². The van der Waals surface area contributed by atoms with E-state index in [-0.39, 0.29) is 5.82 Å². The molecule has 0 fully saturated rings. The van der Waals surface area contributed by atoms with Crippen LogP contribution in [0.3, 0.4) is 0 Å². The number of aryl methyl sites for hydroxylation is 1. The van der Waals surface area contributed by atoms with Gasteiger partial charge in [0.15, 0.2) is 5.76 Å². The van der Waals surface area contributed by atoms with E-state index in [1.54, 1.807) is 18.3 Å². The first-order chi connectivity index (χ1) is 9.69. The first kappa shape index (κ1) is 13.6. The predicted molar refractivity (Wildman–Crippen MR) is 77.4 cm³/mol. The second-order valence-electron chi connectivity index (χ2n) is 4.29. The van der Waals surface area contributed by atoms with Gasteiger partial charge in [-0.15, -0.1) is 11.6 Å². The van der Waals surface area contributed by atoms with Crippen LogP contribution in [0.25, 0.3) is 11.0 Å². The molecule has 3 aromatic rings. The Kier molecular flexibility index (Phi) is 3.76. The van der Waals surface area contributed by atoms with Gasteiger partial charge in [-0.3, -0.25) is 0 Å². The normalized spacial score (nSPS) is 11.3. The Morgan fingerprint density at radius 1 is 1.40 bits per heavy atom. The summed E-state index contributed by atoms with van der Waals surface area (Å²) >= 11 is 9.01. The molecule has 3 rings (SSSR count). The largest absolute Gasteiger partial charge is 0.359 e. The van der Waals surface area contributed by atoms with Crippen molar-refractivity contribution in [2.45, 2.75) is 13.0 Å². The highest BCUT2D eigenvalue weighted by molar-refractivity contribution is 9.10. The number of rotatable bonds is 4. The summed E-state index contributed by atoms with van der Waals surface area (Å²) in [6.07, 6.45) is 2.19. The zero-order valence-electron chi connectivity index (χ0n) is 10.3. The summed E-state index contributed by atoms with van der Waals surface area (Å²) in [4.78, 5) is 4.44. The maximum absolute atomic E-state index is 13.6. The highest BCUT2D eigenvalue weighted by Crippen LogP contribution is 2.25. The zero-order chi connectivity index (χ0) is 14.1. The number of hydrogen-bond donors (Lipinski definition) is 0. The van der Waals surface area contributed by atoms with Crippen LogP contribution in [-0.2, 0) is 13.0 Å². The van der Waals surface area contributed by atoms with Crippen molar-refractivity contribution in [3.05, 3.63) is 46.3 Å². The van der Waals surface area contributed by atoms with Crippen LogP contribution in [0.1, 0.15) is 11.6 Å². The van der Waals surface area contributed by atoms with E-state index >= 15 is 0 Å². The van der Waals surface area contributed by atoms with Crippen LogP contribution in [-0.4, -0.2) is 20.6 Å². The molecule has 0 amide bonds. The van der Waals surface area contributed by atoms with Crippen LogP contribution < -0.4 is 0 Å². The van der Waals surface area contributed by atoms with Crippen molar-refractivity contribution in [2.75, 3.05) is 5.88 Å². The number of alkyl halides is 1. The van der Waals surface area contributed by atoms with E-state index in [1.165, 1.54) is 6.07 Å². The molecule has 0 bridgehead atoms. The molecule has 0 aliphatic carbocycles. The molecule has 0 aliphatic heterocycles. The summed E-state index contributed by atoms with van der Waals surface area (Å²) in [5, 5.41) is 3.69. The van der Waals surface area contributed by atoms with E-state index in [4.69, 9.17) is 16.1 Å². The summed E-state index contributed by atoms with van der Waals surface area (Å²) in [6, 6.07) is 4.91. The molecule has 0 saturated heterocycles. The average Bonchev–Trinajstić information content (AvgIpc) is 3.02. The molecule has 20 heavy (non-hydrogen) atoms. The molecule has 104 valence electrons. The van der Waals surface area contributed by atoms with Gasteiger partial charge in [0.05, 0.1) is 28.2 Å². The van der Waals surface area contributed by atoms with Crippen molar-refractivity contribution in [3.8, 4) is 0 Å². The van der Waals surface area contributed by atoms with Crippen LogP contribution in [0.2, 0.25) is 0 Å². The lowest BCUT2D eigenvalue weighted by Gasteiger charge is -2.06. The summed E-state index contributed by atoms with van der Waals surface area (Å²) in [5.41, 5.74) is 1.43. The predicted octanol–water partition coefficient (Wildman–Crippen LogP) is 3.76. The van der Waals surface area contributed by atoms with Crippen LogP contribution in [0.15, 0.2) is 33.4 Å². The van der Waals surface area contributed by atoms with Gasteiger partial charge in [-0.25, -0.2) is 9.37 Å². The molecule has 4 nitrogen and oxygen atoms in total. The minimum absolute atomic E-state index is 0.334. The molecule has 0 radical (unpaired) electrons. The summed E-state index contributed by atoms with van der Waals surface area (Å²) in [5.74, 6) is 1.62. The topological polar surface area (TPSA) is 43.9 Å². The number of fused-ring (bicyclic) bond motifs is 1. The van der Waals surface area contributed by atoms with E-state index in [2.05, 4.69) is 26.1 Å². The van der Waals surface area contributed by atoms with Crippen molar-refractivity contribution < 1.29 is 8.91 Å². The molecule has 0 N–H and O–H groups in total. The summed E-state index contributed by atoms with van der Waals surface area (Å²) in [7, 11) is 0. The number of benzene rings is 1. The van der Waals surface area contributed by atoms with E-state index in [1.807, 2.05) is 4.57 Å². The number of nitrogens with zero attached hydrogens (tertiary/aromatic N) is 3. The summed E-state index contributed by atoms with van der Waals surface area (Å²) in [6.45, 7) is 0.487. The Balaban J connectivity index is 2.15. The minimum atomic E-state index is -0.334. The van der Waals surface area contributed by atoms with Gasteiger partial charge in [0, 0.05) is 24.4 Å². The molecule has 7 heteroatoms. The molecule has 2 heterocycles. The van der Waals surface area contributed by atoms with Gasteiger partial charge in [0.25, 0.3) is 0 Å². The fourth-order valence-electron chi connectivity index (χ4n) is 2.10. The number of imidazole rings is 1. The SMILES string of the molecule is Fc1cc2nc(CCCl)n(Cc3ccno3)c2cc1Br. The third kappa shape index (κ3) is 2.45. The highest BCUT2D eigenvalue weighted by Gasteiger charge is 2.14. The third-order valence-corrected chi connectivity index (χ3v) is 3.79. The van der Waals surface area contributed by atoms with Crippen LogP contribution in [0.4, 0.5) is 4.39 Å². The van der Waals surface area contributed by atoms with Crippen LogP contribution >= 0.6 is 27.5 Å². The summed E-state index contributed by atoms with van der Waals surface area (Å²) < 4.78 is 21.1. The Morgan fingerprint density at radius 3 is 2.95 bits per heavy atom. The fraction of sp³-hybridized carbons (Fsp3) is 0.231. The van der Waals surface area contributed by atoms with Gasteiger partial charge < -0.3 is 9.09 Å². The number of halogens is 3. The Labute approximate surface area is 127 Å². The van der Waals surface area contributed by atoms with E-state index in [0.29, 0.717) is 34.6 Å². The lowest BCUT2D eigenvalue weighted by atomic mass is 10.3. The molecular formula is C13H10BrClFN3O. The molecule has 2 aromatic heterocycles. The maximum atomic E-state index is 13.6. The van der Waals surface area contributed by atoms with E-state index in [0.717, 1.165) is 11.3 Å². The minimum Gasteiger partial charge on any atom is -0.359 e. The fourth-order valence-corrected chi connectivity index (χ4v) is 2.60. The molecule has 0 aliphatic rings. The molecular weight excluding hydrogens is 349 g/mol.